The molecular formula is C12H14ClFOS. The second kappa shape index (κ2) is 4.55. The fraction of sp³-hybridized carbons (Fsp3) is 0.500. The maximum absolute atomic E-state index is 13.3. The summed E-state index contributed by atoms with van der Waals surface area (Å²) in [6, 6.07) is 2.71. The quantitative estimate of drug-likeness (QED) is 0.829. The van der Waals surface area contributed by atoms with Crippen molar-refractivity contribution in [2.45, 2.75) is 31.0 Å². The Morgan fingerprint density at radius 1 is 1.50 bits per heavy atom. The molecule has 2 atom stereocenters. The lowest BCUT2D eigenvalue weighted by molar-refractivity contribution is 0.155. The Morgan fingerprint density at radius 3 is 2.81 bits per heavy atom. The van der Waals surface area contributed by atoms with Crippen molar-refractivity contribution in [3.63, 3.8) is 0 Å². The SMILES string of the molecule is CC(C)C1SCc2c(Cl)cc(F)cc2C1O. The van der Waals surface area contributed by atoms with Gasteiger partial charge in [0.05, 0.1) is 6.10 Å². The van der Waals surface area contributed by atoms with Gasteiger partial charge in [0, 0.05) is 16.0 Å². The first-order valence-electron chi connectivity index (χ1n) is 5.28. The molecule has 4 heteroatoms. The zero-order valence-electron chi connectivity index (χ0n) is 9.21. The third-order valence-electron chi connectivity index (χ3n) is 2.90. The van der Waals surface area contributed by atoms with E-state index in [9.17, 15) is 9.50 Å². The minimum Gasteiger partial charge on any atom is -0.387 e. The molecule has 1 aliphatic heterocycles. The average Bonchev–Trinajstić information content (AvgIpc) is 2.19. The molecule has 0 radical (unpaired) electrons. The minimum absolute atomic E-state index is 0.116. The summed E-state index contributed by atoms with van der Waals surface area (Å²) >= 11 is 7.66. The number of rotatable bonds is 1. The monoisotopic (exact) mass is 260 g/mol. The summed E-state index contributed by atoms with van der Waals surface area (Å²) in [4.78, 5) is 0. The molecule has 1 aromatic carbocycles. The fourth-order valence-corrected chi connectivity index (χ4v) is 3.80. The molecule has 1 heterocycles. The van der Waals surface area contributed by atoms with Gasteiger partial charge in [0.2, 0.25) is 0 Å². The Labute approximate surface area is 104 Å². The standard InChI is InChI=1S/C12H14ClFOS/c1-6(2)12-11(15)8-3-7(14)4-10(13)9(8)5-16-12/h3-4,6,11-12,15H,5H2,1-2H3. The summed E-state index contributed by atoms with van der Waals surface area (Å²) in [6.45, 7) is 4.12. The summed E-state index contributed by atoms with van der Waals surface area (Å²) in [5.41, 5.74) is 1.53. The third kappa shape index (κ3) is 2.08. The summed E-state index contributed by atoms with van der Waals surface area (Å²) in [5, 5.41) is 10.7. The third-order valence-corrected chi connectivity index (χ3v) is 4.88. The molecule has 0 fully saturated rings. The highest BCUT2D eigenvalue weighted by molar-refractivity contribution is 7.99. The molecule has 0 aliphatic carbocycles. The first-order valence-corrected chi connectivity index (χ1v) is 6.71. The van der Waals surface area contributed by atoms with E-state index >= 15 is 0 Å². The van der Waals surface area contributed by atoms with Crippen LogP contribution in [0.1, 0.15) is 31.1 Å². The topological polar surface area (TPSA) is 20.2 Å². The number of thioether (sulfide) groups is 1. The maximum atomic E-state index is 13.3. The molecular weight excluding hydrogens is 247 g/mol. The van der Waals surface area contributed by atoms with Gasteiger partial charge >= 0.3 is 0 Å². The van der Waals surface area contributed by atoms with Crippen LogP contribution < -0.4 is 0 Å². The van der Waals surface area contributed by atoms with Crippen molar-refractivity contribution >= 4 is 23.4 Å². The second-order valence-electron chi connectivity index (χ2n) is 4.42. The predicted octanol–water partition coefficient (Wildman–Crippen LogP) is 3.78. The highest BCUT2D eigenvalue weighted by atomic mass is 35.5. The minimum atomic E-state index is -0.623. The Bertz CT molecular complexity index is 408. The smallest absolute Gasteiger partial charge is 0.125 e. The molecule has 2 rings (SSSR count). The molecule has 1 aromatic rings. The van der Waals surface area contributed by atoms with Gasteiger partial charge in [0.15, 0.2) is 0 Å². The Kier molecular flexibility index (Phi) is 3.48. The van der Waals surface area contributed by atoms with E-state index in [2.05, 4.69) is 13.8 Å². The summed E-state index contributed by atoms with van der Waals surface area (Å²) < 4.78 is 13.3. The second-order valence-corrected chi connectivity index (χ2v) is 5.99. The van der Waals surface area contributed by atoms with Gasteiger partial charge in [-0.1, -0.05) is 25.4 Å². The summed E-state index contributed by atoms with van der Waals surface area (Å²) in [6.07, 6.45) is -0.623. The highest BCUT2D eigenvalue weighted by Crippen LogP contribution is 2.43. The van der Waals surface area contributed by atoms with Gasteiger partial charge in [-0.25, -0.2) is 4.39 Å². The number of hydrogen-bond acceptors (Lipinski definition) is 2. The van der Waals surface area contributed by atoms with Crippen molar-refractivity contribution in [1.82, 2.24) is 0 Å². The zero-order valence-corrected chi connectivity index (χ0v) is 10.8. The first-order chi connectivity index (χ1) is 7.50. The number of halogens is 2. The molecule has 16 heavy (non-hydrogen) atoms. The summed E-state index contributed by atoms with van der Waals surface area (Å²) in [7, 11) is 0. The van der Waals surface area contributed by atoms with Crippen LogP contribution in [0.3, 0.4) is 0 Å². The van der Waals surface area contributed by atoms with Crippen LogP contribution in [0.15, 0.2) is 12.1 Å². The van der Waals surface area contributed by atoms with E-state index in [-0.39, 0.29) is 11.1 Å². The molecule has 0 spiro atoms. The van der Waals surface area contributed by atoms with Crippen LogP contribution in [-0.4, -0.2) is 10.4 Å². The lowest BCUT2D eigenvalue weighted by atomic mass is 9.95. The molecule has 2 unspecified atom stereocenters. The lowest BCUT2D eigenvalue weighted by Gasteiger charge is -2.32. The van der Waals surface area contributed by atoms with Gasteiger partial charge in [0.1, 0.15) is 5.82 Å². The van der Waals surface area contributed by atoms with E-state index < -0.39 is 6.10 Å². The van der Waals surface area contributed by atoms with Crippen molar-refractivity contribution in [1.29, 1.82) is 0 Å². The molecule has 88 valence electrons. The van der Waals surface area contributed by atoms with Crippen LogP contribution in [0.2, 0.25) is 5.02 Å². The van der Waals surface area contributed by atoms with Gasteiger partial charge in [-0.15, -0.1) is 0 Å². The molecule has 0 aromatic heterocycles. The van der Waals surface area contributed by atoms with E-state index in [0.717, 1.165) is 11.3 Å². The van der Waals surface area contributed by atoms with Crippen molar-refractivity contribution in [3.05, 3.63) is 34.1 Å². The van der Waals surface area contributed by atoms with Crippen molar-refractivity contribution in [3.8, 4) is 0 Å². The number of hydrogen-bond donors (Lipinski definition) is 1. The van der Waals surface area contributed by atoms with Crippen molar-refractivity contribution in [2.24, 2.45) is 5.92 Å². The fourth-order valence-electron chi connectivity index (χ4n) is 2.04. The van der Waals surface area contributed by atoms with Crippen LogP contribution in [0, 0.1) is 11.7 Å². The Hall–Kier alpha value is -0.250. The van der Waals surface area contributed by atoms with Crippen LogP contribution in [0.5, 0.6) is 0 Å². The predicted molar refractivity (Wildman–Crippen MR) is 66.3 cm³/mol. The normalized spacial score (nSPS) is 24.6. The number of aliphatic hydroxyl groups is 1. The Morgan fingerprint density at radius 2 is 2.19 bits per heavy atom. The first kappa shape index (κ1) is 12.2. The van der Waals surface area contributed by atoms with Crippen molar-refractivity contribution < 1.29 is 9.50 Å². The number of aliphatic hydroxyl groups excluding tert-OH is 1. The molecule has 0 amide bonds. The largest absolute Gasteiger partial charge is 0.387 e. The highest BCUT2D eigenvalue weighted by Gasteiger charge is 2.32. The Balaban J connectivity index is 2.44. The van der Waals surface area contributed by atoms with Gasteiger partial charge in [0.25, 0.3) is 0 Å². The molecule has 1 nitrogen and oxygen atoms in total. The summed E-state index contributed by atoms with van der Waals surface area (Å²) in [5.74, 6) is 0.723. The van der Waals surface area contributed by atoms with Crippen molar-refractivity contribution in [2.75, 3.05) is 0 Å². The maximum Gasteiger partial charge on any atom is 0.125 e. The molecule has 1 N–H and O–H groups in total. The number of benzene rings is 1. The van der Waals surface area contributed by atoms with Gasteiger partial charge in [-0.05, 0) is 29.2 Å². The van der Waals surface area contributed by atoms with Gasteiger partial charge < -0.3 is 5.11 Å². The lowest BCUT2D eigenvalue weighted by Crippen LogP contribution is -2.26. The molecule has 0 saturated carbocycles. The van der Waals surface area contributed by atoms with Crippen LogP contribution in [0.25, 0.3) is 0 Å². The average molecular weight is 261 g/mol. The van der Waals surface area contributed by atoms with E-state index in [0.29, 0.717) is 16.5 Å². The van der Waals surface area contributed by atoms with E-state index in [1.165, 1.54) is 12.1 Å². The van der Waals surface area contributed by atoms with Gasteiger partial charge in [-0.2, -0.15) is 11.8 Å². The van der Waals surface area contributed by atoms with E-state index in [1.807, 2.05) is 0 Å². The van der Waals surface area contributed by atoms with Crippen LogP contribution in [-0.2, 0) is 5.75 Å². The van der Waals surface area contributed by atoms with E-state index in [1.54, 1.807) is 11.8 Å². The molecule has 0 bridgehead atoms. The zero-order chi connectivity index (χ0) is 11.9. The van der Waals surface area contributed by atoms with E-state index in [4.69, 9.17) is 11.6 Å². The van der Waals surface area contributed by atoms with Gasteiger partial charge in [-0.3, -0.25) is 0 Å². The molecule has 1 aliphatic rings. The van der Waals surface area contributed by atoms with Crippen LogP contribution >= 0.6 is 23.4 Å². The molecule has 0 saturated heterocycles. The van der Waals surface area contributed by atoms with Crippen LogP contribution in [0.4, 0.5) is 4.39 Å². The number of fused-ring (bicyclic) bond motifs is 1.